The number of rotatable bonds is 5. The van der Waals surface area contributed by atoms with Crippen LogP contribution in [0, 0.1) is 6.92 Å². The van der Waals surface area contributed by atoms with Crippen LogP contribution < -0.4 is 0 Å². The molecule has 0 aliphatic rings. The van der Waals surface area contributed by atoms with Crippen molar-refractivity contribution in [1.29, 1.82) is 0 Å². The van der Waals surface area contributed by atoms with Gasteiger partial charge < -0.3 is 4.74 Å². The summed E-state index contributed by atoms with van der Waals surface area (Å²) in [6.07, 6.45) is 3.25. The molecule has 27 heavy (non-hydrogen) atoms. The van der Waals surface area contributed by atoms with Crippen LogP contribution in [0.25, 0.3) is 16.5 Å². The number of esters is 1. The zero-order valence-electron chi connectivity index (χ0n) is 14.2. The Morgan fingerprint density at radius 3 is 2.70 bits per heavy atom. The molecule has 0 saturated heterocycles. The number of benzene rings is 1. The first-order valence-corrected chi connectivity index (χ1v) is 8.78. The number of tetrazole rings is 1. The van der Waals surface area contributed by atoms with Crippen LogP contribution in [0.1, 0.15) is 21.2 Å². The Morgan fingerprint density at radius 1 is 1.15 bits per heavy atom. The molecule has 0 aliphatic heterocycles. The number of hydrogen-bond acceptors (Lipinski definition) is 9. The van der Waals surface area contributed by atoms with E-state index in [2.05, 4.69) is 30.5 Å². The summed E-state index contributed by atoms with van der Waals surface area (Å²) in [6, 6.07) is 11.1. The summed E-state index contributed by atoms with van der Waals surface area (Å²) in [4.78, 5) is 25.5. The lowest BCUT2D eigenvalue weighted by Crippen LogP contribution is -2.09. The Labute approximate surface area is 157 Å². The molecule has 0 spiro atoms. The maximum atomic E-state index is 12.5. The number of nitrogens with zero attached hydrogens (tertiary/aromatic N) is 7. The highest BCUT2D eigenvalue weighted by atomic mass is 32.1. The van der Waals surface area contributed by atoms with Gasteiger partial charge in [-0.3, -0.25) is 0 Å². The molecule has 0 bridgehead atoms. The van der Waals surface area contributed by atoms with Crippen LogP contribution in [-0.2, 0) is 11.3 Å². The molecule has 0 aliphatic carbocycles. The fourth-order valence-corrected chi connectivity index (χ4v) is 3.26. The molecule has 1 aromatic carbocycles. The highest BCUT2D eigenvalue weighted by molar-refractivity contribution is 7.16. The number of aryl methyl sites for hydroxylation is 1. The number of hydrogen-bond donors (Lipinski definition) is 0. The van der Waals surface area contributed by atoms with Gasteiger partial charge in [-0.05, 0) is 35.5 Å². The third-order valence-electron chi connectivity index (χ3n) is 3.61. The second-order valence-electron chi connectivity index (χ2n) is 5.42. The average Bonchev–Trinajstić information content (AvgIpc) is 3.34. The van der Waals surface area contributed by atoms with Crippen molar-refractivity contribution in [2.75, 3.05) is 0 Å². The van der Waals surface area contributed by atoms with Gasteiger partial charge in [0.2, 0.25) is 0 Å². The average molecular weight is 379 g/mol. The van der Waals surface area contributed by atoms with E-state index in [-0.39, 0.29) is 6.61 Å². The van der Waals surface area contributed by atoms with E-state index in [4.69, 9.17) is 4.74 Å². The van der Waals surface area contributed by atoms with E-state index in [1.165, 1.54) is 16.0 Å². The largest absolute Gasteiger partial charge is 0.453 e. The molecule has 0 amide bonds. The highest BCUT2D eigenvalue weighted by Gasteiger charge is 2.20. The summed E-state index contributed by atoms with van der Waals surface area (Å²) in [5.41, 5.74) is 1.35. The maximum absolute atomic E-state index is 12.5. The number of thiazole rings is 1. The van der Waals surface area contributed by atoms with Crippen molar-refractivity contribution >= 4 is 17.3 Å². The van der Waals surface area contributed by atoms with Crippen LogP contribution in [0.5, 0.6) is 0 Å². The van der Waals surface area contributed by atoms with Crippen LogP contribution in [0.15, 0.2) is 48.8 Å². The zero-order chi connectivity index (χ0) is 18.6. The molecule has 0 unspecified atom stereocenters. The number of ether oxygens (including phenoxy) is 1. The highest BCUT2D eigenvalue weighted by Crippen LogP contribution is 2.26. The summed E-state index contributed by atoms with van der Waals surface area (Å²) in [7, 11) is 0. The summed E-state index contributed by atoms with van der Waals surface area (Å²) in [5.74, 6) is 0.399. The van der Waals surface area contributed by atoms with E-state index in [0.29, 0.717) is 27.2 Å². The molecule has 0 N–H and O–H groups in total. The van der Waals surface area contributed by atoms with E-state index in [1.54, 1.807) is 25.4 Å². The molecule has 4 rings (SSSR count). The van der Waals surface area contributed by atoms with Crippen molar-refractivity contribution in [2.24, 2.45) is 0 Å². The smallest absolute Gasteiger partial charge is 0.350 e. The summed E-state index contributed by atoms with van der Waals surface area (Å²) >= 11 is 1.19. The van der Waals surface area contributed by atoms with Crippen molar-refractivity contribution in [1.82, 2.24) is 35.2 Å². The fourth-order valence-electron chi connectivity index (χ4n) is 2.35. The Morgan fingerprint density at radius 2 is 1.93 bits per heavy atom. The molecule has 10 heteroatoms. The summed E-state index contributed by atoms with van der Waals surface area (Å²) in [5, 5.41) is 12.1. The van der Waals surface area contributed by atoms with E-state index < -0.39 is 5.97 Å². The van der Waals surface area contributed by atoms with Gasteiger partial charge in [-0.15, -0.1) is 16.4 Å². The number of aromatic nitrogens is 7. The lowest BCUT2D eigenvalue weighted by molar-refractivity contribution is 0.0464. The quantitative estimate of drug-likeness (QED) is 0.486. The molecular weight excluding hydrogens is 366 g/mol. The van der Waals surface area contributed by atoms with Crippen molar-refractivity contribution in [3.05, 3.63) is 65.2 Å². The van der Waals surface area contributed by atoms with Crippen LogP contribution in [0.2, 0.25) is 0 Å². The maximum Gasteiger partial charge on any atom is 0.350 e. The van der Waals surface area contributed by atoms with Crippen molar-refractivity contribution < 1.29 is 9.53 Å². The topological polar surface area (TPSA) is 109 Å². The Balaban J connectivity index is 1.50. The molecule has 0 radical (unpaired) electrons. The molecule has 0 atom stereocenters. The molecule has 9 nitrogen and oxygen atoms in total. The minimum absolute atomic E-state index is 0.0603. The standard InChI is InChI=1S/C17H13N7O2S/c1-11-14(27-16(20-11)15-18-8-5-9-19-15)17(25)26-10-13-21-22-23-24(13)12-6-3-2-4-7-12/h2-9H,10H2,1H3. The molecule has 3 aromatic heterocycles. The Hall–Kier alpha value is -3.53. The lowest BCUT2D eigenvalue weighted by Gasteiger charge is -2.05. The minimum Gasteiger partial charge on any atom is -0.453 e. The van der Waals surface area contributed by atoms with Gasteiger partial charge in [0.1, 0.15) is 4.88 Å². The van der Waals surface area contributed by atoms with Crippen molar-refractivity contribution in [3.8, 4) is 16.5 Å². The zero-order valence-corrected chi connectivity index (χ0v) is 15.0. The van der Waals surface area contributed by atoms with Gasteiger partial charge in [0, 0.05) is 12.4 Å². The number of para-hydroxylation sites is 1. The second-order valence-corrected chi connectivity index (χ2v) is 6.42. The molecule has 3 heterocycles. The van der Waals surface area contributed by atoms with Crippen LogP contribution in [0.4, 0.5) is 0 Å². The predicted octanol–water partition coefficient (Wildman–Crippen LogP) is 2.24. The summed E-state index contributed by atoms with van der Waals surface area (Å²) in [6.45, 7) is 1.68. The van der Waals surface area contributed by atoms with Gasteiger partial charge in [0.15, 0.2) is 23.3 Å². The first-order chi connectivity index (χ1) is 13.2. The van der Waals surface area contributed by atoms with E-state index >= 15 is 0 Å². The predicted molar refractivity (Wildman–Crippen MR) is 96.2 cm³/mol. The first-order valence-electron chi connectivity index (χ1n) is 7.97. The molecule has 134 valence electrons. The van der Waals surface area contributed by atoms with Crippen molar-refractivity contribution in [3.63, 3.8) is 0 Å². The lowest BCUT2D eigenvalue weighted by atomic mass is 10.3. The summed E-state index contributed by atoms with van der Waals surface area (Å²) < 4.78 is 6.92. The van der Waals surface area contributed by atoms with Gasteiger partial charge in [-0.1, -0.05) is 18.2 Å². The van der Waals surface area contributed by atoms with Crippen LogP contribution in [-0.4, -0.2) is 41.1 Å². The Bertz CT molecular complexity index is 1060. The SMILES string of the molecule is Cc1nc(-c2ncccn2)sc1C(=O)OCc1nnnn1-c1ccccc1. The van der Waals surface area contributed by atoms with E-state index in [0.717, 1.165) is 5.69 Å². The van der Waals surface area contributed by atoms with Crippen LogP contribution in [0.3, 0.4) is 0 Å². The molecule has 0 fully saturated rings. The van der Waals surface area contributed by atoms with E-state index in [1.807, 2.05) is 30.3 Å². The normalized spacial score (nSPS) is 10.7. The number of carbonyl (C=O) groups excluding carboxylic acids is 1. The van der Waals surface area contributed by atoms with E-state index in [9.17, 15) is 4.79 Å². The molecule has 4 aromatic rings. The van der Waals surface area contributed by atoms with Crippen molar-refractivity contribution in [2.45, 2.75) is 13.5 Å². The van der Waals surface area contributed by atoms with Gasteiger partial charge in [0.25, 0.3) is 0 Å². The fraction of sp³-hybridized carbons (Fsp3) is 0.118. The molecular formula is C17H13N7O2S. The van der Waals surface area contributed by atoms with Gasteiger partial charge in [-0.25, -0.2) is 19.7 Å². The third-order valence-corrected chi connectivity index (χ3v) is 4.74. The van der Waals surface area contributed by atoms with Crippen LogP contribution >= 0.6 is 11.3 Å². The number of carbonyl (C=O) groups is 1. The second kappa shape index (κ2) is 7.38. The molecule has 0 saturated carbocycles. The first kappa shape index (κ1) is 16.9. The minimum atomic E-state index is -0.491. The van der Waals surface area contributed by atoms with Gasteiger partial charge >= 0.3 is 5.97 Å². The monoisotopic (exact) mass is 379 g/mol. The van der Waals surface area contributed by atoms with Gasteiger partial charge in [0.05, 0.1) is 11.4 Å². The third kappa shape index (κ3) is 3.55. The Kier molecular flexibility index (Phi) is 4.62. The van der Waals surface area contributed by atoms with Gasteiger partial charge in [-0.2, -0.15) is 4.68 Å².